The fourth-order valence-corrected chi connectivity index (χ4v) is 2.40. The molecule has 0 fully saturated rings. The van der Waals surface area contributed by atoms with Crippen molar-refractivity contribution in [2.75, 3.05) is 11.6 Å². The van der Waals surface area contributed by atoms with Gasteiger partial charge in [-0.05, 0) is 23.1 Å². The number of alkyl halides is 3. The van der Waals surface area contributed by atoms with Gasteiger partial charge in [-0.2, -0.15) is 35.4 Å². The minimum atomic E-state index is -4.51. The van der Waals surface area contributed by atoms with E-state index in [1.165, 1.54) is 17.8 Å². The molecule has 0 amide bonds. The van der Waals surface area contributed by atoms with Crippen LogP contribution >= 0.6 is 11.8 Å². The zero-order valence-corrected chi connectivity index (χ0v) is 12.7. The predicted molar refractivity (Wildman–Crippen MR) is 80.1 cm³/mol. The van der Waals surface area contributed by atoms with Gasteiger partial charge in [-0.1, -0.05) is 12.1 Å². The molecule has 1 heterocycles. The van der Waals surface area contributed by atoms with Gasteiger partial charge in [0.2, 0.25) is 5.82 Å². The highest BCUT2D eigenvalue weighted by Crippen LogP contribution is 2.37. The summed E-state index contributed by atoms with van der Waals surface area (Å²) in [6.07, 6.45) is -1.58. The number of para-hydroxylation sites is 1. The Balaban J connectivity index is 2.43. The van der Waals surface area contributed by atoms with Crippen LogP contribution in [0.2, 0.25) is 0 Å². The lowest BCUT2D eigenvalue weighted by molar-refractivity contribution is -0.137. The van der Waals surface area contributed by atoms with E-state index in [0.29, 0.717) is 11.3 Å². The van der Waals surface area contributed by atoms with Gasteiger partial charge in [0.25, 0.3) is 0 Å². The monoisotopic (exact) mass is 340 g/mol. The molecule has 2 aromatic rings. The number of nitriles is 1. The number of nitrogens with zero attached hydrogens (tertiary/aromatic N) is 4. The Morgan fingerprint density at radius 3 is 2.83 bits per heavy atom. The van der Waals surface area contributed by atoms with Gasteiger partial charge >= 0.3 is 6.18 Å². The van der Waals surface area contributed by atoms with E-state index in [2.05, 4.69) is 25.9 Å². The van der Waals surface area contributed by atoms with Gasteiger partial charge in [-0.15, -0.1) is 10.2 Å². The van der Waals surface area contributed by atoms with Crippen LogP contribution in [0, 0.1) is 11.3 Å². The summed E-state index contributed by atoms with van der Waals surface area (Å²) in [7, 11) is 0. The molecular formula is C13H11F3N6S. The number of H-pyrrole nitrogens is 1. The van der Waals surface area contributed by atoms with E-state index in [1.807, 2.05) is 6.07 Å². The molecular weight excluding hydrogens is 329 g/mol. The number of hydrogen-bond donors (Lipinski definition) is 2. The molecule has 10 heteroatoms. The third-order valence-corrected chi connectivity index (χ3v) is 3.42. The van der Waals surface area contributed by atoms with Crippen molar-refractivity contribution in [3.05, 3.63) is 41.4 Å². The summed E-state index contributed by atoms with van der Waals surface area (Å²) in [5.41, 5.74) is -0.448. The van der Waals surface area contributed by atoms with Gasteiger partial charge in [-0.25, -0.2) is 0 Å². The van der Waals surface area contributed by atoms with Gasteiger partial charge < -0.3 is 5.32 Å². The summed E-state index contributed by atoms with van der Waals surface area (Å²) in [4.78, 5) is 0. The van der Waals surface area contributed by atoms with Crippen LogP contribution in [0.25, 0.3) is 5.57 Å². The van der Waals surface area contributed by atoms with Crippen LogP contribution in [0.3, 0.4) is 0 Å². The molecule has 0 saturated carbocycles. The lowest BCUT2D eigenvalue weighted by Crippen LogP contribution is -2.10. The fraction of sp³-hybridized carbons (Fsp3) is 0.231. The van der Waals surface area contributed by atoms with E-state index < -0.39 is 11.7 Å². The van der Waals surface area contributed by atoms with E-state index in [9.17, 15) is 13.2 Å². The maximum Gasteiger partial charge on any atom is 0.418 e. The first kappa shape index (κ1) is 16.8. The molecule has 0 aliphatic rings. The molecule has 0 aliphatic heterocycles. The van der Waals surface area contributed by atoms with Crippen LogP contribution in [-0.2, 0) is 11.9 Å². The highest BCUT2D eigenvalue weighted by Gasteiger charge is 2.34. The number of hydrogen-bond acceptors (Lipinski definition) is 6. The van der Waals surface area contributed by atoms with Crippen LogP contribution in [0.15, 0.2) is 24.4 Å². The zero-order valence-electron chi connectivity index (χ0n) is 11.8. The Hall–Kier alpha value is -2.54. The van der Waals surface area contributed by atoms with Crippen molar-refractivity contribution in [2.45, 2.75) is 11.9 Å². The molecule has 0 saturated heterocycles. The normalized spacial score (nSPS) is 12.0. The van der Waals surface area contributed by atoms with Crippen molar-refractivity contribution in [1.29, 1.82) is 5.26 Å². The van der Waals surface area contributed by atoms with Crippen molar-refractivity contribution in [1.82, 2.24) is 20.6 Å². The Kier molecular flexibility index (Phi) is 5.23. The van der Waals surface area contributed by atoms with Gasteiger partial charge in [0.05, 0.1) is 11.3 Å². The summed E-state index contributed by atoms with van der Waals surface area (Å²) in [5, 5.41) is 24.4. The number of anilines is 1. The third-order valence-electron chi connectivity index (χ3n) is 2.82. The SMILES string of the molecule is CSCc1cccc(C(F)(F)F)c1NC=C(C#N)c1nn[nH]n1. The largest absolute Gasteiger partial charge is 0.418 e. The third kappa shape index (κ3) is 4.01. The van der Waals surface area contributed by atoms with E-state index in [1.54, 1.807) is 12.3 Å². The number of benzene rings is 1. The molecule has 6 nitrogen and oxygen atoms in total. The van der Waals surface area contributed by atoms with Crippen molar-refractivity contribution in [2.24, 2.45) is 0 Å². The van der Waals surface area contributed by atoms with Gasteiger partial charge in [-0.3, -0.25) is 0 Å². The lowest BCUT2D eigenvalue weighted by Gasteiger charge is -2.16. The smallest absolute Gasteiger partial charge is 0.360 e. The minimum absolute atomic E-state index is 0.00379. The standard InChI is InChI=1S/C13H11F3N6S/c1-23-7-8-3-2-4-10(13(14,15)16)11(8)18-6-9(5-17)12-19-21-22-20-12/h2-4,6,18H,7H2,1H3,(H,19,20,21,22). The number of nitrogens with one attached hydrogen (secondary N) is 2. The first-order valence-electron chi connectivity index (χ1n) is 6.26. The van der Waals surface area contributed by atoms with Crippen molar-refractivity contribution >= 4 is 23.0 Å². The number of aromatic amines is 1. The molecule has 1 aromatic heterocycles. The average molecular weight is 340 g/mol. The first-order valence-corrected chi connectivity index (χ1v) is 7.65. The number of aromatic nitrogens is 4. The molecule has 0 radical (unpaired) electrons. The Morgan fingerprint density at radius 2 is 2.26 bits per heavy atom. The van der Waals surface area contributed by atoms with Gasteiger partial charge in [0, 0.05) is 12.0 Å². The van der Waals surface area contributed by atoms with Gasteiger partial charge in [0.1, 0.15) is 11.6 Å². The first-order chi connectivity index (χ1) is 11.0. The number of rotatable bonds is 5. The number of thioether (sulfide) groups is 1. The zero-order chi connectivity index (χ0) is 16.9. The molecule has 2 rings (SSSR count). The molecule has 1 aromatic carbocycles. The molecule has 0 bridgehead atoms. The van der Waals surface area contributed by atoms with Crippen molar-refractivity contribution < 1.29 is 13.2 Å². The van der Waals surface area contributed by atoms with E-state index in [4.69, 9.17) is 5.26 Å². The lowest BCUT2D eigenvalue weighted by atomic mass is 10.1. The number of halogens is 3. The fourth-order valence-electron chi connectivity index (χ4n) is 1.85. The summed E-state index contributed by atoms with van der Waals surface area (Å²) in [6.45, 7) is 0. The van der Waals surface area contributed by atoms with Gasteiger partial charge in [0.15, 0.2) is 0 Å². The second kappa shape index (κ2) is 7.15. The molecule has 0 aliphatic carbocycles. The second-order valence-corrected chi connectivity index (χ2v) is 5.19. The Morgan fingerprint density at radius 1 is 1.48 bits per heavy atom. The highest BCUT2D eigenvalue weighted by atomic mass is 32.2. The minimum Gasteiger partial charge on any atom is -0.360 e. The van der Waals surface area contributed by atoms with E-state index in [0.717, 1.165) is 12.3 Å². The maximum absolute atomic E-state index is 13.2. The van der Waals surface area contributed by atoms with E-state index >= 15 is 0 Å². The summed E-state index contributed by atoms with van der Waals surface area (Å²) < 4.78 is 39.5. The van der Waals surface area contributed by atoms with Crippen LogP contribution in [-0.4, -0.2) is 26.9 Å². The molecule has 0 atom stereocenters. The van der Waals surface area contributed by atoms with Crippen LogP contribution in [0.4, 0.5) is 18.9 Å². The van der Waals surface area contributed by atoms with E-state index in [-0.39, 0.29) is 17.1 Å². The summed E-state index contributed by atoms with van der Waals surface area (Å²) >= 11 is 1.39. The van der Waals surface area contributed by atoms with Crippen LogP contribution in [0.5, 0.6) is 0 Å². The number of allylic oxidation sites excluding steroid dienone is 1. The quantitative estimate of drug-likeness (QED) is 0.813. The number of tetrazole rings is 1. The molecule has 0 spiro atoms. The van der Waals surface area contributed by atoms with Crippen LogP contribution < -0.4 is 5.32 Å². The summed E-state index contributed by atoms with van der Waals surface area (Å²) in [5.74, 6) is 0.389. The van der Waals surface area contributed by atoms with Crippen molar-refractivity contribution in [3.63, 3.8) is 0 Å². The molecule has 120 valence electrons. The average Bonchev–Trinajstić information content (AvgIpc) is 3.02. The Bertz CT molecular complexity index is 733. The second-order valence-electron chi connectivity index (χ2n) is 4.32. The highest BCUT2D eigenvalue weighted by molar-refractivity contribution is 7.97. The molecule has 0 unspecified atom stereocenters. The topological polar surface area (TPSA) is 90.3 Å². The Labute approximate surface area is 133 Å². The van der Waals surface area contributed by atoms with Crippen molar-refractivity contribution in [3.8, 4) is 6.07 Å². The maximum atomic E-state index is 13.2. The predicted octanol–water partition coefficient (Wildman–Crippen LogP) is 3.06. The molecule has 23 heavy (non-hydrogen) atoms. The molecule has 2 N–H and O–H groups in total. The summed E-state index contributed by atoms with van der Waals surface area (Å²) in [6, 6.07) is 5.75. The van der Waals surface area contributed by atoms with Crippen LogP contribution in [0.1, 0.15) is 17.0 Å².